The van der Waals surface area contributed by atoms with Gasteiger partial charge in [-0.25, -0.2) is 4.79 Å². The molecule has 0 unspecified atom stereocenters. The first-order valence-electron chi connectivity index (χ1n) is 10.3. The smallest absolute Gasteiger partial charge is 0.317 e. The van der Waals surface area contributed by atoms with Crippen molar-refractivity contribution >= 4 is 23.3 Å². The Kier molecular flexibility index (Phi) is 8.54. The number of nitrogens with one attached hydrogen (secondary N) is 1. The van der Waals surface area contributed by atoms with Crippen LogP contribution in [0.25, 0.3) is 0 Å². The van der Waals surface area contributed by atoms with Crippen LogP contribution in [0.4, 0.5) is 4.79 Å². The number of amides is 3. The van der Waals surface area contributed by atoms with Gasteiger partial charge in [0.2, 0.25) is 12.7 Å². The standard InChI is InChI=1S/C22H29N3O5S/c1-3-23-22(27)24(9-5-10-28-2)15-21(26)25(14-18-6-4-11-31-18)13-17-7-8-19-20(12-17)30-16-29-19/h4,6-8,11-12H,3,5,9-10,13-16H2,1-2H3,(H,23,27). The van der Waals surface area contributed by atoms with E-state index < -0.39 is 0 Å². The normalized spacial score (nSPS) is 11.9. The maximum atomic E-state index is 13.3. The Morgan fingerprint density at radius 2 is 2.00 bits per heavy atom. The minimum absolute atomic E-state index is 0.00543. The molecular weight excluding hydrogens is 418 g/mol. The van der Waals surface area contributed by atoms with E-state index in [2.05, 4.69) is 5.32 Å². The average molecular weight is 448 g/mol. The van der Waals surface area contributed by atoms with Crippen molar-refractivity contribution in [3.8, 4) is 11.5 Å². The molecule has 0 atom stereocenters. The van der Waals surface area contributed by atoms with Crippen molar-refractivity contribution in [2.75, 3.05) is 40.1 Å². The summed E-state index contributed by atoms with van der Waals surface area (Å²) in [5.41, 5.74) is 0.943. The van der Waals surface area contributed by atoms with Gasteiger partial charge in [0, 0.05) is 38.2 Å². The van der Waals surface area contributed by atoms with Gasteiger partial charge in [-0.15, -0.1) is 11.3 Å². The highest BCUT2D eigenvalue weighted by Gasteiger charge is 2.22. The summed E-state index contributed by atoms with van der Waals surface area (Å²) in [6, 6.07) is 9.42. The maximum Gasteiger partial charge on any atom is 0.317 e. The molecule has 3 rings (SSSR count). The Morgan fingerprint density at radius 3 is 2.74 bits per heavy atom. The molecule has 1 aromatic carbocycles. The molecule has 1 aliphatic rings. The van der Waals surface area contributed by atoms with Crippen LogP contribution < -0.4 is 14.8 Å². The molecule has 0 saturated heterocycles. The molecule has 0 spiro atoms. The number of carbonyl (C=O) groups is 2. The molecule has 0 fully saturated rings. The van der Waals surface area contributed by atoms with E-state index in [9.17, 15) is 9.59 Å². The van der Waals surface area contributed by atoms with Crippen molar-refractivity contribution in [2.24, 2.45) is 0 Å². The molecule has 1 N–H and O–H groups in total. The molecule has 9 heteroatoms. The first-order chi connectivity index (χ1) is 15.1. The summed E-state index contributed by atoms with van der Waals surface area (Å²) < 4.78 is 15.9. The van der Waals surface area contributed by atoms with Crippen molar-refractivity contribution in [1.82, 2.24) is 15.1 Å². The number of nitrogens with zero attached hydrogens (tertiary/aromatic N) is 2. The highest BCUT2D eigenvalue weighted by molar-refractivity contribution is 7.09. The largest absolute Gasteiger partial charge is 0.454 e. The van der Waals surface area contributed by atoms with E-state index in [1.54, 1.807) is 28.2 Å². The predicted octanol–water partition coefficient (Wildman–Crippen LogP) is 3.07. The number of rotatable bonds is 11. The number of carbonyl (C=O) groups excluding carboxylic acids is 2. The Morgan fingerprint density at radius 1 is 1.16 bits per heavy atom. The number of hydrogen-bond donors (Lipinski definition) is 1. The van der Waals surface area contributed by atoms with Gasteiger partial charge in [-0.3, -0.25) is 4.79 Å². The van der Waals surface area contributed by atoms with Gasteiger partial charge in [0.05, 0.1) is 6.54 Å². The summed E-state index contributed by atoms with van der Waals surface area (Å²) in [7, 11) is 1.62. The van der Waals surface area contributed by atoms with Crippen molar-refractivity contribution in [2.45, 2.75) is 26.4 Å². The summed E-state index contributed by atoms with van der Waals surface area (Å²) in [6.45, 7) is 4.44. The fourth-order valence-electron chi connectivity index (χ4n) is 3.26. The molecule has 2 heterocycles. The number of thiophene rings is 1. The molecule has 1 aliphatic heterocycles. The van der Waals surface area contributed by atoms with Gasteiger partial charge >= 0.3 is 6.03 Å². The van der Waals surface area contributed by atoms with Gasteiger partial charge in [-0.05, 0) is 42.5 Å². The van der Waals surface area contributed by atoms with Crippen LogP contribution in [0, 0.1) is 0 Å². The highest BCUT2D eigenvalue weighted by atomic mass is 32.1. The van der Waals surface area contributed by atoms with Crippen LogP contribution in [0.15, 0.2) is 35.7 Å². The molecule has 0 bridgehead atoms. The topological polar surface area (TPSA) is 80.3 Å². The number of hydrogen-bond acceptors (Lipinski definition) is 6. The lowest BCUT2D eigenvalue weighted by molar-refractivity contribution is -0.133. The zero-order valence-electron chi connectivity index (χ0n) is 18.0. The second kappa shape index (κ2) is 11.6. The van der Waals surface area contributed by atoms with Crippen molar-refractivity contribution in [3.63, 3.8) is 0 Å². The Labute approximate surface area is 186 Å². The third-order valence-electron chi connectivity index (χ3n) is 4.81. The van der Waals surface area contributed by atoms with Gasteiger partial charge in [0.15, 0.2) is 11.5 Å². The Hall–Kier alpha value is -2.78. The number of urea groups is 1. The predicted molar refractivity (Wildman–Crippen MR) is 118 cm³/mol. The van der Waals surface area contributed by atoms with E-state index >= 15 is 0 Å². The quantitative estimate of drug-likeness (QED) is 0.536. The fourth-order valence-corrected chi connectivity index (χ4v) is 3.98. The Balaban J connectivity index is 1.73. The minimum Gasteiger partial charge on any atom is -0.454 e. The fraction of sp³-hybridized carbons (Fsp3) is 0.455. The highest BCUT2D eigenvalue weighted by Crippen LogP contribution is 2.33. The zero-order valence-corrected chi connectivity index (χ0v) is 18.8. The molecule has 0 radical (unpaired) electrons. The monoisotopic (exact) mass is 447 g/mol. The summed E-state index contributed by atoms with van der Waals surface area (Å²) in [5.74, 6) is 1.28. The Bertz CT molecular complexity index is 859. The van der Waals surface area contributed by atoms with Crippen LogP contribution in [0.3, 0.4) is 0 Å². The maximum absolute atomic E-state index is 13.3. The van der Waals surface area contributed by atoms with Gasteiger partial charge in [-0.2, -0.15) is 0 Å². The van der Waals surface area contributed by atoms with Crippen LogP contribution in [0.5, 0.6) is 11.5 Å². The van der Waals surface area contributed by atoms with Crippen molar-refractivity contribution < 1.29 is 23.8 Å². The number of methoxy groups -OCH3 is 1. The van der Waals surface area contributed by atoms with Crippen molar-refractivity contribution in [3.05, 3.63) is 46.2 Å². The van der Waals surface area contributed by atoms with Gasteiger partial charge in [0.25, 0.3) is 0 Å². The summed E-state index contributed by atoms with van der Waals surface area (Å²) in [5, 5.41) is 4.78. The number of fused-ring (bicyclic) bond motifs is 1. The molecule has 1 aromatic heterocycles. The van der Waals surface area contributed by atoms with Crippen LogP contribution >= 0.6 is 11.3 Å². The van der Waals surface area contributed by atoms with E-state index in [1.165, 1.54) is 0 Å². The SMILES string of the molecule is CCNC(=O)N(CCCOC)CC(=O)N(Cc1ccc2c(c1)OCO2)Cc1cccs1. The molecule has 2 aromatic rings. The van der Waals surface area contributed by atoms with E-state index in [4.69, 9.17) is 14.2 Å². The first kappa shape index (κ1) is 22.9. The minimum atomic E-state index is -0.244. The van der Waals surface area contributed by atoms with Gasteiger partial charge in [-0.1, -0.05) is 12.1 Å². The zero-order chi connectivity index (χ0) is 22.1. The lowest BCUT2D eigenvalue weighted by atomic mass is 10.2. The lowest BCUT2D eigenvalue weighted by Gasteiger charge is -2.27. The van der Waals surface area contributed by atoms with E-state index in [-0.39, 0.29) is 25.3 Å². The summed E-state index contributed by atoms with van der Waals surface area (Å²) in [6.07, 6.45) is 0.661. The van der Waals surface area contributed by atoms with Crippen LogP contribution in [0.1, 0.15) is 23.8 Å². The second-order valence-electron chi connectivity index (χ2n) is 7.12. The van der Waals surface area contributed by atoms with E-state index in [0.717, 1.165) is 10.4 Å². The van der Waals surface area contributed by atoms with E-state index in [0.29, 0.717) is 50.7 Å². The van der Waals surface area contributed by atoms with Crippen LogP contribution in [-0.2, 0) is 22.6 Å². The summed E-state index contributed by atoms with van der Waals surface area (Å²) >= 11 is 1.60. The molecule has 8 nitrogen and oxygen atoms in total. The second-order valence-corrected chi connectivity index (χ2v) is 8.15. The van der Waals surface area contributed by atoms with E-state index in [1.807, 2.05) is 42.6 Å². The molecule has 3 amide bonds. The molecule has 31 heavy (non-hydrogen) atoms. The summed E-state index contributed by atoms with van der Waals surface area (Å²) in [4.78, 5) is 30.2. The van der Waals surface area contributed by atoms with Gasteiger partial charge < -0.3 is 29.3 Å². The average Bonchev–Trinajstić information content (AvgIpc) is 3.44. The first-order valence-corrected chi connectivity index (χ1v) is 11.2. The molecule has 0 saturated carbocycles. The van der Waals surface area contributed by atoms with Crippen LogP contribution in [0.2, 0.25) is 0 Å². The third-order valence-corrected chi connectivity index (χ3v) is 5.67. The van der Waals surface area contributed by atoms with Crippen LogP contribution in [-0.4, -0.2) is 61.9 Å². The number of benzene rings is 1. The number of ether oxygens (including phenoxy) is 3. The third kappa shape index (κ3) is 6.60. The lowest BCUT2D eigenvalue weighted by Crippen LogP contribution is -2.47. The molecule has 168 valence electrons. The molecular formula is C22H29N3O5S. The van der Waals surface area contributed by atoms with Crippen molar-refractivity contribution in [1.29, 1.82) is 0 Å². The van der Waals surface area contributed by atoms with Gasteiger partial charge in [0.1, 0.15) is 6.54 Å². The molecule has 0 aliphatic carbocycles.